The number of carbonyl (C=O) groups is 1. The summed E-state index contributed by atoms with van der Waals surface area (Å²) in [4.78, 5) is 15.5. The van der Waals surface area contributed by atoms with Gasteiger partial charge in [0.05, 0.1) is 11.3 Å². The van der Waals surface area contributed by atoms with E-state index >= 15 is 0 Å². The van der Waals surface area contributed by atoms with Crippen molar-refractivity contribution >= 4 is 11.6 Å². The lowest BCUT2D eigenvalue weighted by atomic mass is 9.89. The van der Waals surface area contributed by atoms with Crippen LogP contribution in [0.25, 0.3) is 5.70 Å². The molecule has 0 radical (unpaired) electrons. The van der Waals surface area contributed by atoms with Crippen LogP contribution in [0.5, 0.6) is 0 Å². The Balaban J connectivity index is 1.65. The third-order valence-electron chi connectivity index (χ3n) is 7.65. The Morgan fingerprint density at radius 2 is 1.88 bits per heavy atom. The average Bonchev–Trinajstić information content (AvgIpc) is 3.42. The molecule has 2 fully saturated rings. The lowest BCUT2D eigenvalue weighted by Crippen LogP contribution is -2.52. The summed E-state index contributed by atoms with van der Waals surface area (Å²) in [5.74, 6) is -0.920. The fourth-order valence-electron chi connectivity index (χ4n) is 5.75. The summed E-state index contributed by atoms with van der Waals surface area (Å²) in [5.41, 5.74) is 7.24. The van der Waals surface area contributed by atoms with Gasteiger partial charge in [0.15, 0.2) is 5.82 Å². The summed E-state index contributed by atoms with van der Waals surface area (Å²) in [5, 5.41) is 24.1. The number of amides is 1. The first-order valence-corrected chi connectivity index (χ1v) is 11.0. The molecule has 1 atom stereocenters. The van der Waals surface area contributed by atoms with Crippen LogP contribution in [0, 0.1) is 6.92 Å². The zero-order valence-electron chi connectivity index (χ0n) is 18.5. The third-order valence-corrected chi connectivity index (χ3v) is 7.65. The molecule has 2 aliphatic heterocycles. The van der Waals surface area contributed by atoms with Crippen LogP contribution in [0.1, 0.15) is 48.8 Å². The SMILES string of the molecule is Cc1ccc(C(O)(C(N)=O)C(F)(F)F)cc1C1=CN(C23CCC(O)(CC2)C3)C2=C(N)NC=CN12. The highest BCUT2D eigenvalue weighted by atomic mass is 19.4. The molecule has 7 N–H and O–H groups in total. The molecule has 5 rings (SSSR count). The molecule has 2 heterocycles. The Bertz CT molecular complexity index is 1170. The van der Waals surface area contributed by atoms with Gasteiger partial charge in [-0.05, 0) is 50.7 Å². The van der Waals surface area contributed by atoms with Gasteiger partial charge in [0, 0.05) is 35.3 Å². The van der Waals surface area contributed by atoms with E-state index in [-0.39, 0.29) is 5.54 Å². The number of hydrogen-bond acceptors (Lipinski definition) is 7. The van der Waals surface area contributed by atoms with E-state index in [2.05, 4.69) is 5.32 Å². The van der Waals surface area contributed by atoms with E-state index in [9.17, 15) is 28.2 Å². The first kappa shape index (κ1) is 22.6. The second-order valence-electron chi connectivity index (χ2n) is 9.68. The van der Waals surface area contributed by atoms with Crippen molar-refractivity contribution in [2.75, 3.05) is 0 Å². The van der Waals surface area contributed by atoms with E-state index in [1.807, 2.05) is 11.1 Å². The smallest absolute Gasteiger partial charge is 0.390 e. The second kappa shape index (κ2) is 6.92. The van der Waals surface area contributed by atoms with Crippen molar-refractivity contribution in [2.45, 2.75) is 61.9 Å². The first-order chi connectivity index (χ1) is 15.8. The molecule has 0 spiro atoms. The highest BCUT2D eigenvalue weighted by Crippen LogP contribution is 2.57. The van der Waals surface area contributed by atoms with Crippen molar-refractivity contribution in [1.82, 2.24) is 15.1 Å². The van der Waals surface area contributed by atoms with Gasteiger partial charge in [0.1, 0.15) is 5.82 Å². The van der Waals surface area contributed by atoms with Gasteiger partial charge in [-0.3, -0.25) is 9.69 Å². The summed E-state index contributed by atoms with van der Waals surface area (Å²) >= 11 is 0. The molecule has 1 unspecified atom stereocenters. The molecular weight excluding hydrogens is 451 g/mol. The first-order valence-electron chi connectivity index (χ1n) is 11.0. The van der Waals surface area contributed by atoms with Crippen LogP contribution in [-0.4, -0.2) is 43.2 Å². The summed E-state index contributed by atoms with van der Waals surface area (Å²) in [6, 6.07) is 3.61. The van der Waals surface area contributed by atoms with E-state index in [0.717, 1.165) is 25.0 Å². The van der Waals surface area contributed by atoms with Crippen molar-refractivity contribution < 1.29 is 28.2 Å². The molecule has 34 heavy (non-hydrogen) atoms. The molecule has 0 aromatic heterocycles. The van der Waals surface area contributed by atoms with Crippen molar-refractivity contribution in [3.63, 3.8) is 0 Å². The van der Waals surface area contributed by atoms with Crippen LogP contribution in [-0.2, 0) is 10.4 Å². The number of aliphatic hydroxyl groups is 2. The molecule has 2 saturated carbocycles. The molecule has 4 aliphatic rings. The maximum absolute atomic E-state index is 13.7. The van der Waals surface area contributed by atoms with E-state index in [4.69, 9.17) is 11.5 Å². The lowest BCUT2D eigenvalue weighted by molar-refractivity contribution is -0.255. The van der Waals surface area contributed by atoms with Crippen molar-refractivity contribution in [2.24, 2.45) is 11.5 Å². The number of nitrogens with one attached hydrogen (secondary N) is 1. The molecule has 182 valence electrons. The predicted octanol–water partition coefficient (Wildman–Crippen LogP) is 1.75. The van der Waals surface area contributed by atoms with E-state index in [1.54, 1.807) is 24.2 Å². The number of nitrogens with two attached hydrogens (primary N) is 2. The quantitative estimate of drug-likeness (QED) is 0.447. The van der Waals surface area contributed by atoms with Gasteiger partial charge in [-0.25, -0.2) is 0 Å². The summed E-state index contributed by atoms with van der Waals surface area (Å²) in [6.07, 6.45) is 3.22. The molecule has 11 heteroatoms. The number of benzene rings is 1. The monoisotopic (exact) mass is 477 g/mol. The molecular formula is C23H26F3N5O3. The number of halogens is 3. The maximum Gasteiger partial charge on any atom is 0.430 e. The fourth-order valence-corrected chi connectivity index (χ4v) is 5.75. The second-order valence-corrected chi connectivity index (χ2v) is 9.68. The minimum Gasteiger partial charge on any atom is -0.390 e. The van der Waals surface area contributed by atoms with Gasteiger partial charge >= 0.3 is 6.18 Å². The van der Waals surface area contributed by atoms with E-state index in [0.29, 0.717) is 47.7 Å². The molecule has 8 nitrogen and oxygen atoms in total. The normalized spacial score (nSPS) is 29.8. The third kappa shape index (κ3) is 2.96. The Labute approximate surface area is 194 Å². The number of carbonyl (C=O) groups excluding carboxylic acids is 1. The Kier molecular flexibility index (Phi) is 4.60. The molecule has 1 aromatic rings. The van der Waals surface area contributed by atoms with Crippen molar-refractivity contribution in [3.8, 4) is 0 Å². The minimum absolute atomic E-state index is 0.364. The van der Waals surface area contributed by atoms with Crippen molar-refractivity contribution in [3.05, 3.63) is 65.1 Å². The van der Waals surface area contributed by atoms with Crippen LogP contribution < -0.4 is 16.8 Å². The largest absolute Gasteiger partial charge is 0.430 e. The molecule has 2 aliphatic carbocycles. The number of fused-ring (bicyclic) bond motifs is 3. The maximum atomic E-state index is 13.7. The van der Waals surface area contributed by atoms with Crippen LogP contribution in [0.3, 0.4) is 0 Å². The van der Waals surface area contributed by atoms with Crippen molar-refractivity contribution in [1.29, 1.82) is 0 Å². The fraction of sp³-hybridized carbons (Fsp3) is 0.435. The highest BCUT2D eigenvalue weighted by molar-refractivity contribution is 5.86. The van der Waals surface area contributed by atoms with Crippen LogP contribution in [0.4, 0.5) is 13.2 Å². The molecule has 2 bridgehead atoms. The zero-order chi connectivity index (χ0) is 24.7. The highest BCUT2D eigenvalue weighted by Gasteiger charge is 2.61. The number of nitrogens with zero attached hydrogens (tertiary/aromatic N) is 2. The van der Waals surface area contributed by atoms with Crippen LogP contribution in [0.2, 0.25) is 0 Å². The van der Waals surface area contributed by atoms with E-state index < -0.39 is 28.8 Å². The van der Waals surface area contributed by atoms with Gasteiger partial charge in [-0.2, -0.15) is 13.2 Å². The summed E-state index contributed by atoms with van der Waals surface area (Å²) in [7, 11) is 0. The molecule has 1 aromatic carbocycles. The summed E-state index contributed by atoms with van der Waals surface area (Å²) < 4.78 is 41.2. The molecule has 1 amide bonds. The van der Waals surface area contributed by atoms with Gasteiger partial charge in [0.25, 0.3) is 11.5 Å². The van der Waals surface area contributed by atoms with Gasteiger partial charge in [-0.15, -0.1) is 0 Å². The topological polar surface area (TPSA) is 128 Å². The Morgan fingerprint density at radius 3 is 2.44 bits per heavy atom. The standard InChI is InChI=1S/C23H26F3N5O3/c1-13-2-3-14(22(34,19(28)32)23(24,25)26)10-15(13)16-11-31(18-17(27)29-8-9-30(16)18)20-4-6-21(33,12-20)7-5-20/h2-3,8-11,29,33-34H,4-7,12,27H2,1H3,(H2,28,32). The Morgan fingerprint density at radius 1 is 1.21 bits per heavy atom. The van der Waals surface area contributed by atoms with Gasteiger partial charge in [0.2, 0.25) is 0 Å². The number of alkyl halides is 3. The Hall–Kier alpha value is -3.18. The van der Waals surface area contributed by atoms with Crippen LogP contribution in [0.15, 0.2) is 48.4 Å². The molecule has 0 saturated heterocycles. The lowest BCUT2D eigenvalue weighted by Gasteiger charge is -2.40. The van der Waals surface area contributed by atoms with Gasteiger partial charge < -0.3 is 31.9 Å². The average molecular weight is 477 g/mol. The minimum atomic E-state index is -5.30. The number of primary amides is 1. The zero-order valence-corrected chi connectivity index (χ0v) is 18.5. The number of aryl methyl sites for hydroxylation is 1. The van der Waals surface area contributed by atoms with Crippen LogP contribution >= 0.6 is 0 Å². The number of hydrogen-bond donors (Lipinski definition) is 5. The number of rotatable bonds is 4. The summed E-state index contributed by atoms with van der Waals surface area (Å²) in [6.45, 7) is 1.72. The van der Waals surface area contributed by atoms with E-state index in [1.165, 1.54) is 6.07 Å². The predicted molar refractivity (Wildman–Crippen MR) is 116 cm³/mol. The van der Waals surface area contributed by atoms with Gasteiger partial charge in [-0.1, -0.05) is 12.1 Å².